The van der Waals surface area contributed by atoms with Crippen molar-refractivity contribution in [1.82, 2.24) is 20.0 Å². The maximum Gasteiger partial charge on any atom is 0.267 e. The van der Waals surface area contributed by atoms with E-state index >= 15 is 0 Å². The summed E-state index contributed by atoms with van der Waals surface area (Å²) in [6.07, 6.45) is 8.65. The first-order valence-corrected chi connectivity index (χ1v) is 11.3. The van der Waals surface area contributed by atoms with E-state index in [9.17, 15) is 9.90 Å². The first kappa shape index (κ1) is 19.5. The Hall–Kier alpha value is -2.48. The number of aliphatic hydroxyl groups excluding tert-OH is 1. The quantitative estimate of drug-likeness (QED) is 0.779. The summed E-state index contributed by atoms with van der Waals surface area (Å²) in [5.74, 6) is 1.66. The highest BCUT2D eigenvalue weighted by Crippen LogP contribution is 2.30. The Morgan fingerprint density at radius 3 is 2.87 bits per heavy atom. The molecule has 8 heteroatoms. The van der Waals surface area contributed by atoms with Crippen molar-refractivity contribution in [3.63, 3.8) is 0 Å². The normalized spacial score (nSPS) is 26.0. The number of hydrogen-bond acceptors (Lipinski definition) is 7. The molecule has 5 rings (SSSR count). The van der Waals surface area contributed by atoms with Crippen LogP contribution >= 0.6 is 0 Å². The van der Waals surface area contributed by atoms with Gasteiger partial charge in [0.05, 0.1) is 17.8 Å². The van der Waals surface area contributed by atoms with E-state index in [1.54, 1.807) is 6.07 Å². The van der Waals surface area contributed by atoms with Gasteiger partial charge in [0.1, 0.15) is 11.6 Å². The van der Waals surface area contributed by atoms with E-state index < -0.39 is 6.10 Å². The molecule has 2 aliphatic carbocycles. The molecule has 0 aromatic carbocycles. The molecule has 1 saturated heterocycles. The number of nitrogens with one attached hydrogen (secondary N) is 1. The molecule has 2 N–H and O–H groups in total. The van der Waals surface area contributed by atoms with Gasteiger partial charge in [0.15, 0.2) is 0 Å². The average molecular weight is 411 g/mol. The lowest BCUT2D eigenvalue weighted by Gasteiger charge is -2.37. The Morgan fingerprint density at radius 1 is 1.07 bits per heavy atom. The van der Waals surface area contributed by atoms with Gasteiger partial charge in [-0.05, 0) is 75.5 Å². The van der Waals surface area contributed by atoms with Crippen LogP contribution in [-0.4, -0.2) is 50.3 Å². The van der Waals surface area contributed by atoms with E-state index in [0.29, 0.717) is 0 Å². The summed E-state index contributed by atoms with van der Waals surface area (Å²) >= 11 is 0. The summed E-state index contributed by atoms with van der Waals surface area (Å²) in [6.45, 7) is 1.68. The first-order valence-electron chi connectivity index (χ1n) is 11.3. The molecule has 3 unspecified atom stereocenters. The molecule has 160 valence electrons. The van der Waals surface area contributed by atoms with E-state index in [1.807, 2.05) is 6.07 Å². The minimum absolute atomic E-state index is 0.134. The fourth-order valence-corrected chi connectivity index (χ4v) is 5.16. The Bertz CT molecular complexity index is 961. The molecule has 3 aliphatic rings. The summed E-state index contributed by atoms with van der Waals surface area (Å²) < 4.78 is 1.51. The third-order valence-corrected chi connectivity index (χ3v) is 6.83. The van der Waals surface area contributed by atoms with Gasteiger partial charge in [0, 0.05) is 25.2 Å². The molecule has 3 heterocycles. The number of aryl methyl sites for hydroxylation is 2. The van der Waals surface area contributed by atoms with Crippen LogP contribution in [0, 0.1) is 0 Å². The Balaban J connectivity index is 1.33. The molecule has 30 heavy (non-hydrogen) atoms. The van der Waals surface area contributed by atoms with Gasteiger partial charge in [-0.25, -0.2) is 4.68 Å². The van der Waals surface area contributed by atoms with Crippen molar-refractivity contribution < 1.29 is 5.11 Å². The summed E-state index contributed by atoms with van der Waals surface area (Å²) in [5, 5.41) is 27.2. The molecule has 0 radical (unpaired) electrons. The molecule has 0 bridgehead atoms. The third kappa shape index (κ3) is 3.80. The van der Waals surface area contributed by atoms with Gasteiger partial charge < -0.3 is 15.3 Å². The van der Waals surface area contributed by atoms with Crippen LogP contribution in [0.5, 0.6) is 0 Å². The Kier molecular flexibility index (Phi) is 5.41. The van der Waals surface area contributed by atoms with Crippen LogP contribution in [0.3, 0.4) is 0 Å². The Labute approximate surface area is 176 Å². The molecule has 1 aliphatic heterocycles. The number of aromatic nitrogens is 4. The number of nitrogens with zero attached hydrogens (tertiary/aromatic N) is 5. The zero-order valence-electron chi connectivity index (χ0n) is 17.3. The van der Waals surface area contributed by atoms with E-state index in [4.69, 9.17) is 5.10 Å². The SMILES string of the molecule is O=c1ccc(N2CCCCC2CNc2cc3c(nn2)CCC3)nn1C1CCCC1O. The topological polar surface area (TPSA) is 96.2 Å². The van der Waals surface area contributed by atoms with E-state index in [0.717, 1.165) is 75.4 Å². The van der Waals surface area contributed by atoms with Crippen molar-refractivity contribution in [2.75, 3.05) is 23.3 Å². The lowest BCUT2D eigenvalue weighted by atomic mass is 10.0. The first-order chi connectivity index (χ1) is 14.7. The molecule has 0 amide bonds. The van der Waals surface area contributed by atoms with Crippen molar-refractivity contribution in [2.24, 2.45) is 0 Å². The minimum Gasteiger partial charge on any atom is -0.391 e. The smallest absolute Gasteiger partial charge is 0.267 e. The molecule has 2 fully saturated rings. The van der Waals surface area contributed by atoms with E-state index in [1.165, 1.54) is 23.1 Å². The predicted molar refractivity (Wildman–Crippen MR) is 115 cm³/mol. The van der Waals surface area contributed by atoms with Crippen molar-refractivity contribution in [2.45, 2.75) is 76.0 Å². The van der Waals surface area contributed by atoms with Crippen LogP contribution in [0.4, 0.5) is 11.6 Å². The zero-order chi connectivity index (χ0) is 20.5. The maximum atomic E-state index is 12.4. The van der Waals surface area contributed by atoms with Gasteiger partial charge in [0.25, 0.3) is 5.56 Å². The largest absolute Gasteiger partial charge is 0.391 e. The number of piperidine rings is 1. The lowest BCUT2D eigenvalue weighted by molar-refractivity contribution is 0.127. The molecule has 0 spiro atoms. The summed E-state index contributed by atoms with van der Waals surface area (Å²) in [6, 6.07) is 5.63. The lowest BCUT2D eigenvalue weighted by Crippen LogP contribution is -2.45. The molecule has 2 aromatic heterocycles. The monoisotopic (exact) mass is 410 g/mol. The van der Waals surface area contributed by atoms with Crippen molar-refractivity contribution in [3.8, 4) is 0 Å². The number of rotatable bonds is 5. The molecule has 3 atom stereocenters. The summed E-state index contributed by atoms with van der Waals surface area (Å²) in [4.78, 5) is 14.7. The van der Waals surface area contributed by atoms with Gasteiger partial charge in [-0.2, -0.15) is 10.2 Å². The highest BCUT2D eigenvalue weighted by molar-refractivity contribution is 5.43. The van der Waals surface area contributed by atoms with Crippen molar-refractivity contribution in [3.05, 3.63) is 39.8 Å². The number of aliphatic hydroxyl groups is 1. The van der Waals surface area contributed by atoms with Gasteiger partial charge >= 0.3 is 0 Å². The van der Waals surface area contributed by atoms with Crippen LogP contribution in [0.15, 0.2) is 23.0 Å². The van der Waals surface area contributed by atoms with Gasteiger partial charge in [-0.15, -0.1) is 5.10 Å². The number of hydrogen-bond donors (Lipinski definition) is 2. The van der Waals surface area contributed by atoms with Crippen molar-refractivity contribution in [1.29, 1.82) is 0 Å². The van der Waals surface area contributed by atoms with E-state index in [-0.39, 0.29) is 17.6 Å². The fraction of sp³-hybridized carbons (Fsp3) is 0.636. The second-order valence-electron chi connectivity index (χ2n) is 8.82. The second-order valence-corrected chi connectivity index (χ2v) is 8.82. The second kappa shape index (κ2) is 8.34. The molecule has 8 nitrogen and oxygen atoms in total. The van der Waals surface area contributed by atoms with E-state index in [2.05, 4.69) is 26.5 Å². The van der Waals surface area contributed by atoms with Crippen LogP contribution in [0.1, 0.15) is 62.2 Å². The molecular formula is C22H30N6O2. The third-order valence-electron chi connectivity index (χ3n) is 6.83. The minimum atomic E-state index is -0.484. The highest BCUT2D eigenvalue weighted by Gasteiger charge is 2.30. The van der Waals surface area contributed by atoms with Crippen LogP contribution in [0.2, 0.25) is 0 Å². The summed E-state index contributed by atoms with van der Waals surface area (Å²) in [7, 11) is 0. The van der Waals surface area contributed by atoms with Crippen LogP contribution in [0.25, 0.3) is 0 Å². The Morgan fingerprint density at radius 2 is 2.00 bits per heavy atom. The summed E-state index contributed by atoms with van der Waals surface area (Å²) in [5.41, 5.74) is 2.32. The van der Waals surface area contributed by atoms with Crippen molar-refractivity contribution >= 4 is 11.6 Å². The van der Waals surface area contributed by atoms with Gasteiger partial charge in [-0.3, -0.25) is 4.79 Å². The van der Waals surface area contributed by atoms with Gasteiger partial charge in [0.2, 0.25) is 0 Å². The zero-order valence-corrected chi connectivity index (χ0v) is 17.3. The predicted octanol–water partition coefficient (Wildman–Crippen LogP) is 2.08. The maximum absolute atomic E-state index is 12.4. The fourth-order valence-electron chi connectivity index (χ4n) is 5.16. The standard InChI is InChI=1S/C22H30N6O2/c29-19-9-4-8-18(19)28-22(30)11-10-21(26-28)27-12-2-1-6-16(27)14-23-20-13-15-5-3-7-17(15)24-25-20/h10-11,13,16,18-19,29H,1-9,12,14H2,(H,23,25). The highest BCUT2D eigenvalue weighted by atomic mass is 16.3. The van der Waals surface area contributed by atoms with Crippen LogP contribution < -0.4 is 15.8 Å². The number of fused-ring (bicyclic) bond motifs is 1. The molecule has 2 aromatic rings. The van der Waals surface area contributed by atoms with Gasteiger partial charge in [-0.1, -0.05) is 0 Å². The average Bonchev–Trinajstić information content (AvgIpc) is 3.41. The number of anilines is 2. The van der Waals surface area contributed by atoms with Crippen LogP contribution in [-0.2, 0) is 12.8 Å². The molecule has 1 saturated carbocycles. The molecular weight excluding hydrogens is 380 g/mol.